The average Bonchev–Trinajstić information content (AvgIpc) is 2.83. The molecule has 1 nitrogen and oxygen atoms in total. The van der Waals surface area contributed by atoms with Crippen LogP contribution in [0.4, 0.5) is 0 Å². The van der Waals surface area contributed by atoms with E-state index in [1.165, 1.54) is 42.5 Å². The van der Waals surface area contributed by atoms with Gasteiger partial charge in [-0.3, -0.25) is 0 Å². The van der Waals surface area contributed by atoms with Crippen molar-refractivity contribution in [3.63, 3.8) is 0 Å². The standard InChI is InChI=1S/C19H29N/c1-6-13(2)12-15(4)16(5)20-19-11-10-17-14(3)8-7-9-18(17)19/h7-9,13,15,19-20H,5-6,10-12H2,1-4H3/t13-,15?,19?/m0/s1. The van der Waals surface area contributed by atoms with Crippen molar-refractivity contribution in [3.8, 4) is 0 Å². The molecule has 0 radical (unpaired) electrons. The van der Waals surface area contributed by atoms with Crippen molar-refractivity contribution in [1.82, 2.24) is 5.32 Å². The summed E-state index contributed by atoms with van der Waals surface area (Å²) >= 11 is 0. The summed E-state index contributed by atoms with van der Waals surface area (Å²) in [6.07, 6.45) is 4.89. The van der Waals surface area contributed by atoms with E-state index in [1.807, 2.05) is 0 Å². The summed E-state index contributed by atoms with van der Waals surface area (Å²) in [4.78, 5) is 0. The first-order valence-corrected chi connectivity index (χ1v) is 8.06. The second-order valence-corrected chi connectivity index (χ2v) is 6.55. The normalized spacial score (nSPS) is 20.3. The first-order valence-electron chi connectivity index (χ1n) is 8.06. The van der Waals surface area contributed by atoms with Crippen molar-refractivity contribution in [2.45, 2.75) is 59.4 Å². The lowest BCUT2D eigenvalue weighted by atomic mass is 9.93. The zero-order valence-corrected chi connectivity index (χ0v) is 13.5. The smallest absolute Gasteiger partial charge is 0.0516 e. The van der Waals surface area contributed by atoms with E-state index in [4.69, 9.17) is 0 Å². The van der Waals surface area contributed by atoms with Crippen LogP contribution < -0.4 is 5.32 Å². The number of rotatable bonds is 6. The molecule has 0 aromatic heterocycles. The van der Waals surface area contributed by atoms with Crippen molar-refractivity contribution in [3.05, 3.63) is 47.2 Å². The topological polar surface area (TPSA) is 12.0 Å². The minimum Gasteiger partial charge on any atom is -0.382 e. The van der Waals surface area contributed by atoms with Crippen LogP contribution in [0.25, 0.3) is 0 Å². The SMILES string of the molecule is C=C(NC1CCc2c(C)cccc21)C(C)C[C@@H](C)CC. The van der Waals surface area contributed by atoms with Gasteiger partial charge in [0.1, 0.15) is 0 Å². The molecule has 1 aromatic rings. The molecule has 2 unspecified atom stereocenters. The Hall–Kier alpha value is -1.24. The molecule has 3 atom stereocenters. The van der Waals surface area contributed by atoms with Crippen LogP contribution >= 0.6 is 0 Å². The minimum atomic E-state index is 0.469. The van der Waals surface area contributed by atoms with Gasteiger partial charge in [0.15, 0.2) is 0 Å². The fourth-order valence-corrected chi connectivity index (χ4v) is 3.27. The Labute approximate surface area is 124 Å². The molecule has 0 saturated carbocycles. The van der Waals surface area contributed by atoms with Crippen LogP contribution in [-0.2, 0) is 6.42 Å². The van der Waals surface area contributed by atoms with E-state index in [-0.39, 0.29) is 0 Å². The molecule has 0 bridgehead atoms. The van der Waals surface area contributed by atoms with Gasteiger partial charge < -0.3 is 5.32 Å². The number of nitrogens with one attached hydrogen (secondary N) is 1. The van der Waals surface area contributed by atoms with Crippen LogP contribution in [0.2, 0.25) is 0 Å². The van der Waals surface area contributed by atoms with Gasteiger partial charge in [0.2, 0.25) is 0 Å². The van der Waals surface area contributed by atoms with Gasteiger partial charge in [-0.25, -0.2) is 0 Å². The molecule has 1 aliphatic rings. The largest absolute Gasteiger partial charge is 0.382 e. The zero-order chi connectivity index (χ0) is 14.7. The van der Waals surface area contributed by atoms with E-state index in [0.29, 0.717) is 12.0 Å². The zero-order valence-electron chi connectivity index (χ0n) is 13.5. The highest BCUT2D eigenvalue weighted by molar-refractivity contribution is 5.40. The second kappa shape index (κ2) is 6.47. The predicted molar refractivity (Wildman–Crippen MR) is 87.8 cm³/mol. The highest BCUT2D eigenvalue weighted by Gasteiger charge is 2.24. The Balaban J connectivity index is 1.99. The highest BCUT2D eigenvalue weighted by Crippen LogP contribution is 2.34. The molecule has 110 valence electrons. The molecular formula is C19H29N. The molecule has 1 aromatic carbocycles. The fourth-order valence-electron chi connectivity index (χ4n) is 3.27. The lowest BCUT2D eigenvalue weighted by Gasteiger charge is -2.24. The summed E-state index contributed by atoms with van der Waals surface area (Å²) in [5.74, 6) is 1.33. The lowest BCUT2D eigenvalue weighted by Crippen LogP contribution is -2.23. The third-order valence-corrected chi connectivity index (χ3v) is 4.91. The Morgan fingerprint density at radius 3 is 2.85 bits per heavy atom. The van der Waals surface area contributed by atoms with Crippen molar-refractivity contribution in [2.75, 3.05) is 0 Å². The van der Waals surface area contributed by atoms with Gasteiger partial charge in [0, 0.05) is 5.70 Å². The lowest BCUT2D eigenvalue weighted by molar-refractivity contribution is 0.415. The van der Waals surface area contributed by atoms with Gasteiger partial charge in [-0.1, -0.05) is 52.0 Å². The van der Waals surface area contributed by atoms with Crippen LogP contribution in [0, 0.1) is 18.8 Å². The van der Waals surface area contributed by atoms with Gasteiger partial charge in [-0.15, -0.1) is 0 Å². The Bertz CT molecular complexity index is 475. The van der Waals surface area contributed by atoms with E-state index < -0.39 is 0 Å². The van der Waals surface area contributed by atoms with Crippen molar-refractivity contribution >= 4 is 0 Å². The second-order valence-electron chi connectivity index (χ2n) is 6.55. The van der Waals surface area contributed by atoms with E-state index in [9.17, 15) is 0 Å². The number of hydrogen-bond donors (Lipinski definition) is 1. The summed E-state index contributed by atoms with van der Waals surface area (Å²) in [7, 11) is 0. The predicted octanol–water partition coefficient (Wildman–Crippen LogP) is 5.16. The molecule has 1 heteroatoms. The number of hydrogen-bond acceptors (Lipinski definition) is 1. The van der Waals surface area contributed by atoms with E-state index in [2.05, 4.69) is 57.8 Å². The number of aryl methyl sites for hydroxylation is 1. The average molecular weight is 271 g/mol. The highest BCUT2D eigenvalue weighted by atomic mass is 14.9. The number of allylic oxidation sites excluding steroid dienone is 1. The third kappa shape index (κ3) is 3.26. The van der Waals surface area contributed by atoms with Crippen LogP contribution in [0.5, 0.6) is 0 Å². The monoisotopic (exact) mass is 271 g/mol. The maximum absolute atomic E-state index is 4.29. The molecule has 0 aliphatic heterocycles. The van der Waals surface area contributed by atoms with Crippen molar-refractivity contribution < 1.29 is 0 Å². The molecule has 0 saturated heterocycles. The number of fused-ring (bicyclic) bond motifs is 1. The molecule has 0 heterocycles. The summed E-state index contributed by atoms with van der Waals surface area (Å²) in [6.45, 7) is 13.4. The quantitative estimate of drug-likeness (QED) is 0.753. The third-order valence-electron chi connectivity index (χ3n) is 4.91. The van der Waals surface area contributed by atoms with Gasteiger partial charge in [-0.05, 0) is 54.7 Å². The van der Waals surface area contributed by atoms with Crippen molar-refractivity contribution in [2.24, 2.45) is 11.8 Å². The molecule has 1 N–H and O–H groups in total. The van der Waals surface area contributed by atoms with Gasteiger partial charge >= 0.3 is 0 Å². The van der Waals surface area contributed by atoms with Gasteiger partial charge in [-0.2, -0.15) is 0 Å². The van der Waals surface area contributed by atoms with Crippen LogP contribution in [-0.4, -0.2) is 0 Å². The Morgan fingerprint density at radius 2 is 2.15 bits per heavy atom. The van der Waals surface area contributed by atoms with E-state index in [0.717, 1.165) is 5.92 Å². The minimum absolute atomic E-state index is 0.469. The van der Waals surface area contributed by atoms with Crippen LogP contribution in [0.1, 0.15) is 62.8 Å². The van der Waals surface area contributed by atoms with E-state index in [1.54, 1.807) is 5.56 Å². The maximum Gasteiger partial charge on any atom is 0.0516 e. The van der Waals surface area contributed by atoms with Crippen molar-refractivity contribution in [1.29, 1.82) is 0 Å². The van der Waals surface area contributed by atoms with Crippen LogP contribution in [0.3, 0.4) is 0 Å². The first-order chi connectivity index (χ1) is 9.52. The van der Waals surface area contributed by atoms with E-state index >= 15 is 0 Å². The summed E-state index contributed by atoms with van der Waals surface area (Å²) in [6, 6.07) is 7.15. The maximum atomic E-state index is 4.29. The summed E-state index contributed by atoms with van der Waals surface area (Å²) in [5.41, 5.74) is 5.68. The number of benzene rings is 1. The molecule has 0 fully saturated rings. The van der Waals surface area contributed by atoms with Gasteiger partial charge in [0.25, 0.3) is 0 Å². The molecular weight excluding hydrogens is 242 g/mol. The summed E-state index contributed by atoms with van der Waals surface area (Å²) < 4.78 is 0. The molecule has 1 aliphatic carbocycles. The van der Waals surface area contributed by atoms with Gasteiger partial charge in [0.05, 0.1) is 6.04 Å². The summed E-state index contributed by atoms with van der Waals surface area (Å²) in [5, 5.41) is 3.70. The Morgan fingerprint density at radius 1 is 1.40 bits per heavy atom. The van der Waals surface area contributed by atoms with Crippen LogP contribution in [0.15, 0.2) is 30.5 Å². The molecule has 20 heavy (non-hydrogen) atoms. The molecule has 0 amide bonds. The molecule has 0 spiro atoms. The first kappa shape index (κ1) is 15.2. The Kier molecular flexibility index (Phi) is 4.91. The fraction of sp³-hybridized carbons (Fsp3) is 0.579. The molecule has 2 rings (SSSR count).